The van der Waals surface area contributed by atoms with Crippen molar-refractivity contribution in [2.75, 3.05) is 11.9 Å². The second kappa shape index (κ2) is 5.72. The van der Waals surface area contributed by atoms with Crippen LogP contribution in [-0.2, 0) is 12.8 Å². The average molecular weight is 239 g/mol. The fourth-order valence-electron chi connectivity index (χ4n) is 2.12. The minimum absolute atomic E-state index is 1.08. The molecule has 0 saturated heterocycles. The number of benzene rings is 2. The second-order valence-corrected chi connectivity index (χ2v) is 4.61. The first kappa shape index (κ1) is 12.7. The zero-order valence-electron chi connectivity index (χ0n) is 11.5. The molecular formula is C17H21N. The van der Waals surface area contributed by atoms with Gasteiger partial charge in [-0.2, -0.15) is 0 Å². The summed E-state index contributed by atoms with van der Waals surface area (Å²) in [5.41, 5.74) is 5.27. The molecular weight excluding hydrogens is 218 g/mol. The number of anilines is 2. The lowest BCUT2D eigenvalue weighted by Gasteiger charge is -2.20. The fourth-order valence-corrected chi connectivity index (χ4v) is 2.12. The largest absolute Gasteiger partial charge is 0.345 e. The van der Waals surface area contributed by atoms with Gasteiger partial charge in [0.15, 0.2) is 0 Å². The molecule has 18 heavy (non-hydrogen) atoms. The smallest absolute Gasteiger partial charge is 0.0410 e. The summed E-state index contributed by atoms with van der Waals surface area (Å²) in [4.78, 5) is 2.25. The van der Waals surface area contributed by atoms with Crippen molar-refractivity contribution in [2.24, 2.45) is 0 Å². The quantitative estimate of drug-likeness (QED) is 0.755. The van der Waals surface area contributed by atoms with Crippen molar-refractivity contribution in [3.63, 3.8) is 0 Å². The van der Waals surface area contributed by atoms with Crippen molar-refractivity contribution in [3.05, 3.63) is 59.7 Å². The Morgan fingerprint density at radius 3 is 1.61 bits per heavy atom. The van der Waals surface area contributed by atoms with Crippen LogP contribution in [0.4, 0.5) is 11.4 Å². The lowest BCUT2D eigenvalue weighted by atomic mass is 10.1. The lowest BCUT2D eigenvalue weighted by Crippen LogP contribution is -2.09. The van der Waals surface area contributed by atoms with E-state index in [2.05, 4.69) is 74.3 Å². The Labute approximate surface area is 110 Å². The Morgan fingerprint density at radius 2 is 1.22 bits per heavy atom. The van der Waals surface area contributed by atoms with Crippen molar-refractivity contribution in [3.8, 4) is 0 Å². The fraction of sp³-hybridized carbons (Fsp3) is 0.294. The first-order valence-electron chi connectivity index (χ1n) is 6.66. The number of rotatable bonds is 4. The first-order valence-corrected chi connectivity index (χ1v) is 6.66. The van der Waals surface area contributed by atoms with Crippen LogP contribution >= 0.6 is 0 Å². The summed E-state index contributed by atoms with van der Waals surface area (Å²) in [5.74, 6) is 0. The summed E-state index contributed by atoms with van der Waals surface area (Å²) < 4.78 is 0. The van der Waals surface area contributed by atoms with Crippen molar-refractivity contribution in [1.82, 2.24) is 0 Å². The summed E-state index contributed by atoms with van der Waals surface area (Å²) in [7, 11) is 2.13. The summed E-state index contributed by atoms with van der Waals surface area (Å²) in [6.07, 6.45) is 2.16. The third-order valence-electron chi connectivity index (χ3n) is 3.41. The second-order valence-electron chi connectivity index (χ2n) is 4.61. The van der Waals surface area contributed by atoms with Gasteiger partial charge in [-0.1, -0.05) is 38.1 Å². The molecule has 0 aliphatic rings. The molecule has 0 spiro atoms. The monoisotopic (exact) mass is 239 g/mol. The van der Waals surface area contributed by atoms with Gasteiger partial charge in [0, 0.05) is 18.4 Å². The van der Waals surface area contributed by atoms with E-state index in [9.17, 15) is 0 Å². The molecule has 1 nitrogen and oxygen atoms in total. The van der Waals surface area contributed by atoms with Crippen molar-refractivity contribution in [2.45, 2.75) is 26.7 Å². The molecule has 0 atom stereocenters. The van der Waals surface area contributed by atoms with Crippen LogP contribution in [0.15, 0.2) is 48.5 Å². The Morgan fingerprint density at radius 1 is 0.778 bits per heavy atom. The van der Waals surface area contributed by atoms with Crippen LogP contribution in [0.2, 0.25) is 0 Å². The molecule has 2 aromatic rings. The van der Waals surface area contributed by atoms with Gasteiger partial charge in [-0.15, -0.1) is 0 Å². The molecule has 0 radical (unpaired) electrons. The molecule has 0 amide bonds. The molecule has 0 aliphatic carbocycles. The molecule has 0 saturated carbocycles. The predicted molar refractivity (Wildman–Crippen MR) is 79.7 cm³/mol. The highest BCUT2D eigenvalue weighted by Crippen LogP contribution is 2.25. The highest BCUT2D eigenvalue weighted by molar-refractivity contribution is 5.63. The van der Waals surface area contributed by atoms with Gasteiger partial charge < -0.3 is 4.90 Å². The predicted octanol–water partition coefficient (Wildman–Crippen LogP) is 4.58. The summed E-state index contributed by atoms with van der Waals surface area (Å²) in [6.45, 7) is 4.38. The van der Waals surface area contributed by atoms with Gasteiger partial charge in [0.2, 0.25) is 0 Å². The molecule has 2 rings (SSSR count). The number of hydrogen-bond acceptors (Lipinski definition) is 1. The molecule has 0 fully saturated rings. The standard InChI is InChI=1S/C17H21N/c1-4-14-8-6-10-16(12-14)18(3)17-11-7-9-15(5-2)13-17/h6-13H,4-5H2,1-3H3. The van der Waals surface area contributed by atoms with Crippen molar-refractivity contribution >= 4 is 11.4 Å². The zero-order chi connectivity index (χ0) is 13.0. The third kappa shape index (κ3) is 2.73. The van der Waals surface area contributed by atoms with E-state index in [1.807, 2.05) is 0 Å². The van der Waals surface area contributed by atoms with E-state index in [1.165, 1.54) is 22.5 Å². The molecule has 0 bridgehead atoms. The number of hydrogen-bond donors (Lipinski definition) is 0. The highest BCUT2D eigenvalue weighted by atomic mass is 15.1. The minimum atomic E-state index is 1.08. The van der Waals surface area contributed by atoms with Gasteiger partial charge in [-0.25, -0.2) is 0 Å². The molecule has 1 heteroatoms. The summed E-state index contributed by atoms with van der Waals surface area (Å²) >= 11 is 0. The topological polar surface area (TPSA) is 3.24 Å². The number of nitrogens with zero attached hydrogens (tertiary/aromatic N) is 1. The first-order chi connectivity index (χ1) is 8.74. The van der Waals surface area contributed by atoms with Crippen LogP contribution in [0.1, 0.15) is 25.0 Å². The van der Waals surface area contributed by atoms with Gasteiger partial charge in [0.05, 0.1) is 0 Å². The van der Waals surface area contributed by atoms with E-state index >= 15 is 0 Å². The molecule has 94 valence electrons. The van der Waals surface area contributed by atoms with Crippen LogP contribution in [-0.4, -0.2) is 7.05 Å². The minimum Gasteiger partial charge on any atom is -0.345 e. The molecule has 2 aromatic carbocycles. The van der Waals surface area contributed by atoms with Crippen LogP contribution in [0, 0.1) is 0 Å². The molecule has 0 aromatic heterocycles. The molecule has 0 heterocycles. The van der Waals surface area contributed by atoms with E-state index in [0.717, 1.165) is 12.8 Å². The third-order valence-corrected chi connectivity index (χ3v) is 3.41. The van der Waals surface area contributed by atoms with Gasteiger partial charge in [-0.05, 0) is 48.2 Å². The average Bonchev–Trinajstić information content (AvgIpc) is 2.46. The molecule has 0 unspecified atom stereocenters. The van der Waals surface area contributed by atoms with Crippen molar-refractivity contribution < 1.29 is 0 Å². The summed E-state index contributed by atoms with van der Waals surface area (Å²) in [6, 6.07) is 17.5. The maximum atomic E-state index is 2.26. The van der Waals surface area contributed by atoms with Crippen LogP contribution in [0.25, 0.3) is 0 Å². The zero-order valence-corrected chi connectivity index (χ0v) is 11.5. The molecule has 0 N–H and O–H groups in total. The van der Waals surface area contributed by atoms with Gasteiger partial charge in [0.1, 0.15) is 0 Å². The normalized spacial score (nSPS) is 10.4. The van der Waals surface area contributed by atoms with Gasteiger partial charge in [-0.3, -0.25) is 0 Å². The Hall–Kier alpha value is -1.76. The SMILES string of the molecule is CCc1cccc(N(C)c2cccc(CC)c2)c1. The van der Waals surface area contributed by atoms with Gasteiger partial charge in [0.25, 0.3) is 0 Å². The lowest BCUT2D eigenvalue weighted by molar-refractivity contribution is 1.11. The van der Waals surface area contributed by atoms with Gasteiger partial charge >= 0.3 is 0 Å². The van der Waals surface area contributed by atoms with Crippen LogP contribution in [0.5, 0.6) is 0 Å². The Bertz CT molecular complexity index is 469. The van der Waals surface area contributed by atoms with Crippen LogP contribution in [0.3, 0.4) is 0 Å². The van der Waals surface area contributed by atoms with E-state index in [4.69, 9.17) is 0 Å². The van der Waals surface area contributed by atoms with E-state index < -0.39 is 0 Å². The summed E-state index contributed by atoms with van der Waals surface area (Å²) in [5, 5.41) is 0. The van der Waals surface area contributed by atoms with E-state index in [-0.39, 0.29) is 0 Å². The number of aryl methyl sites for hydroxylation is 2. The van der Waals surface area contributed by atoms with Crippen molar-refractivity contribution in [1.29, 1.82) is 0 Å². The maximum Gasteiger partial charge on any atom is 0.0410 e. The Kier molecular flexibility index (Phi) is 4.03. The molecule has 0 aliphatic heterocycles. The Balaban J connectivity index is 2.31. The van der Waals surface area contributed by atoms with E-state index in [0.29, 0.717) is 0 Å². The van der Waals surface area contributed by atoms with Crippen LogP contribution < -0.4 is 4.90 Å². The highest BCUT2D eigenvalue weighted by Gasteiger charge is 2.04. The maximum absolute atomic E-state index is 2.26. The van der Waals surface area contributed by atoms with E-state index in [1.54, 1.807) is 0 Å².